The number of thiazole rings is 1. The van der Waals surface area contributed by atoms with Gasteiger partial charge in [-0.3, -0.25) is 0 Å². The molecular formula is C8H14N2OS. The van der Waals surface area contributed by atoms with Gasteiger partial charge in [0.2, 0.25) is 0 Å². The third kappa shape index (κ3) is 2.03. The second-order valence-electron chi connectivity index (χ2n) is 3.55. The number of aliphatic hydroxyl groups excluding tert-OH is 1. The summed E-state index contributed by atoms with van der Waals surface area (Å²) in [6.07, 6.45) is -0.670. The minimum atomic E-state index is -0.670. The smallest absolute Gasteiger partial charge is 0.123 e. The highest BCUT2D eigenvalue weighted by Crippen LogP contribution is 2.25. The Morgan fingerprint density at radius 3 is 2.58 bits per heavy atom. The van der Waals surface area contributed by atoms with Crippen LogP contribution < -0.4 is 5.73 Å². The summed E-state index contributed by atoms with van der Waals surface area (Å²) < 4.78 is 0. The average molecular weight is 186 g/mol. The Labute approximate surface area is 76.3 Å². The number of hydrogen-bond acceptors (Lipinski definition) is 4. The van der Waals surface area contributed by atoms with Crippen LogP contribution >= 0.6 is 11.3 Å². The minimum Gasteiger partial charge on any atom is -0.384 e. The second kappa shape index (κ2) is 3.12. The molecule has 0 saturated carbocycles. The summed E-state index contributed by atoms with van der Waals surface area (Å²) in [6, 6.07) is 0. The second-order valence-corrected chi connectivity index (χ2v) is 4.44. The molecule has 1 aromatic rings. The van der Waals surface area contributed by atoms with Crippen LogP contribution in [0, 0.1) is 6.92 Å². The van der Waals surface area contributed by atoms with Gasteiger partial charge in [-0.15, -0.1) is 11.3 Å². The Morgan fingerprint density at radius 1 is 1.67 bits per heavy atom. The maximum Gasteiger partial charge on any atom is 0.123 e. The van der Waals surface area contributed by atoms with Crippen LogP contribution in [0.1, 0.15) is 30.7 Å². The summed E-state index contributed by atoms with van der Waals surface area (Å²) in [4.78, 5) is 4.17. The molecule has 1 heterocycles. The van der Waals surface area contributed by atoms with E-state index in [2.05, 4.69) is 4.98 Å². The molecule has 1 unspecified atom stereocenters. The van der Waals surface area contributed by atoms with Crippen molar-refractivity contribution in [2.75, 3.05) is 0 Å². The van der Waals surface area contributed by atoms with E-state index in [1.54, 1.807) is 13.8 Å². The summed E-state index contributed by atoms with van der Waals surface area (Å²) in [6.45, 7) is 5.47. The van der Waals surface area contributed by atoms with Gasteiger partial charge in [-0.1, -0.05) is 0 Å². The van der Waals surface area contributed by atoms with E-state index in [-0.39, 0.29) is 0 Å². The predicted molar refractivity (Wildman–Crippen MR) is 50.1 cm³/mol. The van der Waals surface area contributed by atoms with Crippen molar-refractivity contribution in [1.82, 2.24) is 4.98 Å². The van der Waals surface area contributed by atoms with Crippen molar-refractivity contribution < 1.29 is 5.11 Å². The zero-order valence-corrected chi connectivity index (χ0v) is 8.35. The van der Waals surface area contributed by atoms with Gasteiger partial charge in [0, 0.05) is 16.6 Å². The lowest BCUT2D eigenvalue weighted by molar-refractivity contribution is 0.104. The molecule has 0 saturated heterocycles. The Hall–Kier alpha value is -0.450. The molecule has 0 fully saturated rings. The molecule has 0 amide bonds. The van der Waals surface area contributed by atoms with Gasteiger partial charge in [-0.2, -0.15) is 0 Å². The SMILES string of the molecule is Cc1csc(C(O)C(C)(C)N)n1. The summed E-state index contributed by atoms with van der Waals surface area (Å²) in [7, 11) is 0. The molecule has 4 heteroatoms. The molecule has 3 N–H and O–H groups in total. The first-order valence-corrected chi connectivity index (χ1v) is 4.68. The molecule has 0 aliphatic carbocycles. The van der Waals surface area contributed by atoms with Crippen LogP contribution in [0.2, 0.25) is 0 Å². The molecule has 0 aliphatic heterocycles. The number of nitrogens with zero attached hydrogens (tertiary/aromatic N) is 1. The molecule has 0 radical (unpaired) electrons. The molecule has 12 heavy (non-hydrogen) atoms. The van der Waals surface area contributed by atoms with Crippen LogP contribution in [-0.4, -0.2) is 15.6 Å². The number of aromatic nitrogens is 1. The molecular weight excluding hydrogens is 172 g/mol. The quantitative estimate of drug-likeness (QED) is 0.730. The van der Waals surface area contributed by atoms with Crippen molar-refractivity contribution >= 4 is 11.3 Å². The fourth-order valence-electron chi connectivity index (χ4n) is 0.816. The van der Waals surface area contributed by atoms with Gasteiger partial charge >= 0.3 is 0 Å². The molecule has 68 valence electrons. The van der Waals surface area contributed by atoms with E-state index in [0.717, 1.165) is 5.69 Å². The van der Waals surface area contributed by atoms with Crippen molar-refractivity contribution in [3.8, 4) is 0 Å². The molecule has 3 nitrogen and oxygen atoms in total. The summed E-state index contributed by atoms with van der Waals surface area (Å²) >= 11 is 1.44. The Bertz CT molecular complexity index is 264. The Morgan fingerprint density at radius 2 is 2.25 bits per heavy atom. The van der Waals surface area contributed by atoms with Gasteiger partial charge < -0.3 is 10.8 Å². The summed E-state index contributed by atoms with van der Waals surface area (Å²) in [5.74, 6) is 0. The normalized spacial score (nSPS) is 14.8. The standard InChI is InChI=1S/C8H14N2OS/c1-5-4-12-7(10-5)6(11)8(2,3)9/h4,6,11H,9H2,1-3H3. The maximum absolute atomic E-state index is 9.69. The topological polar surface area (TPSA) is 59.1 Å². The van der Waals surface area contributed by atoms with E-state index in [1.807, 2.05) is 12.3 Å². The molecule has 0 bridgehead atoms. The number of aryl methyl sites for hydroxylation is 1. The molecule has 1 atom stereocenters. The molecule has 1 aromatic heterocycles. The lowest BCUT2D eigenvalue weighted by Crippen LogP contribution is -2.39. The number of hydrogen-bond donors (Lipinski definition) is 2. The fourth-order valence-corrected chi connectivity index (χ4v) is 1.79. The zero-order chi connectivity index (χ0) is 9.35. The van der Waals surface area contributed by atoms with E-state index >= 15 is 0 Å². The average Bonchev–Trinajstić information content (AvgIpc) is 2.32. The number of nitrogens with two attached hydrogens (primary N) is 1. The minimum absolute atomic E-state index is 0.621. The lowest BCUT2D eigenvalue weighted by atomic mass is 10.00. The highest BCUT2D eigenvalue weighted by atomic mass is 32.1. The van der Waals surface area contributed by atoms with Crippen molar-refractivity contribution in [3.63, 3.8) is 0 Å². The van der Waals surface area contributed by atoms with E-state index < -0.39 is 11.6 Å². The fraction of sp³-hybridized carbons (Fsp3) is 0.625. The van der Waals surface area contributed by atoms with Gasteiger partial charge in [0.05, 0.1) is 0 Å². The maximum atomic E-state index is 9.69. The first kappa shape index (κ1) is 9.64. The highest BCUT2D eigenvalue weighted by molar-refractivity contribution is 7.09. The Balaban J connectivity index is 2.85. The predicted octanol–water partition coefficient (Wildman–Crippen LogP) is 1.22. The Kier molecular flexibility index (Phi) is 2.51. The monoisotopic (exact) mass is 186 g/mol. The van der Waals surface area contributed by atoms with Gasteiger partial charge in [-0.25, -0.2) is 4.98 Å². The number of rotatable bonds is 2. The lowest BCUT2D eigenvalue weighted by Gasteiger charge is -2.23. The molecule has 1 rings (SSSR count). The van der Waals surface area contributed by atoms with Crippen molar-refractivity contribution in [2.24, 2.45) is 5.73 Å². The van der Waals surface area contributed by atoms with Crippen LogP contribution in [0.4, 0.5) is 0 Å². The van der Waals surface area contributed by atoms with Crippen molar-refractivity contribution in [2.45, 2.75) is 32.4 Å². The van der Waals surface area contributed by atoms with E-state index in [9.17, 15) is 5.11 Å². The highest BCUT2D eigenvalue weighted by Gasteiger charge is 2.26. The van der Waals surface area contributed by atoms with E-state index in [1.165, 1.54) is 11.3 Å². The number of aliphatic hydroxyl groups is 1. The van der Waals surface area contributed by atoms with Crippen LogP contribution in [0.5, 0.6) is 0 Å². The van der Waals surface area contributed by atoms with Gasteiger partial charge in [-0.05, 0) is 20.8 Å². The molecule has 0 spiro atoms. The van der Waals surface area contributed by atoms with Crippen molar-refractivity contribution in [3.05, 3.63) is 16.1 Å². The van der Waals surface area contributed by atoms with E-state index in [0.29, 0.717) is 5.01 Å². The van der Waals surface area contributed by atoms with Crippen molar-refractivity contribution in [1.29, 1.82) is 0 Å². The molecule has 0 aliphatic rings. The van der Waals surface area contributed by atoms with Crippen LogP contribution in [0.25, 0.3) is 0 Å². The molecule has 0 aromatic carbocycles. The zero-order valence-electron chi connectivity index (χ0n) is 7.53. The van der Waals surface area contributed by atoms with E-state index in [4.69, 9.17) is 5.73 Å². The van der Waals surface area contributed by atoms with Gasteiger partial charge in [0.15, 0.2) is 0 Å². The first-order chi connectivity index (χ1) is 5.41. The van der Waals surface area contributed by atoms with Crippen LogP contribution in [0.3, 0.4) is 0 Å². The third-order valence-corrected chi connectivity index (χ3v) is 2.59. The first-order valence-electron chi connectivity index (χ1n) is 3.80. The summed E-state index contributed by atoms with van der Waals surface area (Å²) in [5, 5.41) is 12.3. The third-order valence-electron chi connectivity index (χ3n) is 1.58. The van der Waals surface area contributed by atoms with Crippen LogP contribution in [0.15, 0.2) is 5.38 Å². The largest absolute Gasteiger partial charge is 0.384 e. The summed E-state index contributed by atoms with van der Waals surface area (Å²) in [5.41, 5.74) is 6.05. The van der Waals surface area contributed by atoms with Gasteiger partial charge in [0.25, 0.3) is 0 Å². The van der Waals surface area contributed by atoms with Crippen LogP contribution in [-0.2, 0) is 0 Å². The van der Waals surface area contributed by atoms with Gasteiger partial charge in [0.1, 0.15) is 11.1 Å².